The van der Waals surface area contributed by atoms with Gasteiger partial charge < -0.3 is 4.52 Å². The Bertz CT molecular complexity index is 566. The molecule has 0 bridgehead atoms. The van der Waals surface area contributed by atoms with Gasteiger partial charge in [-0.05, 0) is 24.0 Å². The van der Waals surface area contributed by atoms with Gasteiger partial charge in [0.1, 0.15) is 5.75 Å². The average molecular weight is 440 g/mol. The molecule has 165 valence electrons. The second-order valence-corrected chi connectivity index (χ2v) is 9.35. The third-order valence-corrected chi connectivity index (χ3v) is 5.94. The zero-order chi connectivity index (χ0) is 20.7. The summed E-state index contributed by atoms with van der Waals surface area (Å²) in [4.78, 5) is 9.96. The van der Waals surface area contributed by atoms with Crippen LogP contribution in [0.3, 0.4) is 0 Å². The first-order valence-electron chi connectivity index (χ1n) is 11.2. The highest BCUT2D eigenvalue weighted by molar-refractivity contribution is 7.47. The van der Waals surface area contributed by atoms with E-state index in [0.717, 1.165) is 24.8 Å². The van der Waals surface area contributed by atoms with Crippen molar-refractivity contribution in [1.29, 1.82) is 0 Å². The Morgan fingerprint density at radius 2 is 1.34 bits per heavy atom. The maximum Gasteiger partial charge on any atom is 0.527 e. The highest BCUT2D eigenvalue weighted by atomic mass is 31.2. The van der Waals surface area contributed by atoms with Crippen LogP contribution in [-0.4, -0.2) is 28.9 Å². The summed E-state index contributed by atoms with van der Waals surface area (Å²) in [5.74, 6) is 0.644. The summed E-state index contributed by atoms with van der Waals surface area (Å²) >= 11 is 0. The summed E-state index contributed by atoms with van der Waals surface area (Å²) in [6.07, 6.45) is 15.0. The third-order valence-electron chi connectivity index (χ3n) is 5.01. The van der Waals surface area contributed by atoms with Crippen LogP contribution in [0.4, 0.5) is 0 Å². The Balaban J connectivity index is 0.00000784. The first-order valence-corrected chi connectivity index (χ1v) is 12.7. The lowest BCUT2D eigenvalue weighted by Crippen LogP contribution is -2.02. The number of unbranched alkanes of at least 4 members (excludes halogenated alkanes) is 11. The Morgan fingerprint density at radius 1 is 0.862 bits per heavy atom. The van der Waals surface area contributed by atoms with Gasteiger partial charge in [-0.25, -0.2) is 4.57 Å². The lowest BCUT2D eigenvalue weighted by Gasteiger charge is -2.17. The molecule has 0 heterocycles. The van der Waals surface area contributed by atoms with Gasteiger partial charge in [-0.15, -0.1) is 0 Å². The normalized spacial score (nSPS) is 13.1. The first kappa shape index (κ1) is 28.7. The Kier molecular flexibility index (Phi) is 17.2. The number of hydrogen-bond donors (Lipinski definition) is 1. The van der Waals surface area contributed by atoms with Gasteiger partial charge in [0.25, 0.3) is 0 Å². The molecule has 0 aromatic heterocycles. The Morgan fingerprint density at radius 3 is 1.86 bits per heavy atom. The van der Waals surface area contributed by atoms with Gasteiger partial charge in [-0.2, -0.15) is 0 Å². The first-order chi connectivity index (χ1) is 13.5. The van der Waals surface area contributed by atoms with Gasteiger partial charge in [0, 0.05) is 17.4 Å². The van der Waals surface area contributed by atoms with Crippen LogP contribution in [0.1, 0.15) is 109 Å². The molecule has 1 aromatic carbocycles. The van der Waals surface area contributed by atoms with Crippen LogP contribution < -0.4 is 4.52 Å². The van der Waals surface area contributed by atoms with Gasteiger partial charge in [0.15, 0.2) is 0 Å². The van der Waals surface area contributed by atoms with E-state index in [-0.39, 0.29) is 29.9 Å². The predicted octanol–water partition coefficient (Wildman–Crippen LogP) is 7.63. The van der Waals surface area contributed by atoms with E-state index in [1.807, 2.05) is 26.0 Å². The van der Waals surface area contributed by atoms with Crippen molar-refractivity contribution in [2.75, 3.05) is 6.61 Å². The minimum absolute atomic E-state index is 0. The standard InChI is InChI=1S/C23H41O4P.Al/c1-4-5-6-7-8-9-10-11-12-13-14-17-20-26-28(24,25)27-23-19-16-15-18-22(23)21(2)3;/h15-16,18-19,21H,4-14,17,20H2,1-3H3,(H,24,25);. The molecule has 1 aromatic rings. The Hall–Kier alpha value is -0.298. The van der Waals surface area contributed by atoms with Crippen LogP contribution in [0.15, 0.2) is 24.3 Å². The van der Waals surface area contributed by atoms with Crippen LogP contribution in [0.5, 0.6) is 5.75 Å². The van der Waals surface area contributed by atoms with Crippen molar-refractivity contribution in [2.45, 2.75) is 104 Å². The maximum absolute atomic E-state index is 12.2. The Labute approximate surface area is 189 Å². The fourth-order valence-electron chi connectivity index (χ4n) is 3.31. The summed E-state index contributed by atoms with van der Waals surface area (Å²) in [7, 11) is -4.06. The lowest BCUT2D eigenvalue weighted by molar-refractivity contribution is 0.198. The van der Waals surface area contributed by atoms with Crippen molar-refractivity contribution in [3.8, 4) is 5.75 Å². The molecule has 0 aliphatic rings. The van der Waals surface area contributed by atoms with E-state index in [0.29, 0.717) is 5.75 Å². The fourth-order valence-corrected chi connectivity index (χ4v) is 4.14. The van der Waals surface area contributed by atoms with E-state index in [1.165, 1.54) is 57.8 Å². The van der Waals surface area contributed by atoms with Crippen LogP contribution in [0.25, 0.3) is 0 Å². The van der Waals surface area contributed by atoms with Crippen LogP contribution in [0.2, 0.25) is 0 Å². The molecule has 0 aliphatic carbocycles. The predicted molar refractivity (Wildman–Crippen MR) is 124 cm³/mol. The maximum atomic E-state index is 12.2. The molecule has 0 aliphatic heterocycles. The molecule has 4 nitrogen and oxygen atoms in total. The molecule has 3 radical (unpaired) electrons. The molecule has 1 atom stereocenters. The second kappa shape index (κ2) is 17.4. The van der Waals surface area contributed by atoms with Crippen LogP contribution in [0, 0.1) is 0 Å². The van der Waals surface area contributed by atoms with E-state index in [9.17, 15) is 9.46 Å². The molecule has 0 fully saturated rings. The van der Waals surface area contributed by atoms with E-state index >= 15 is 0 Å². The number of hydrogen-bond acceptors (Lipinski definition) is 3. The van der Waals surface area contributed by atoms with Crippen molar-refractivity contribution in [1.82, 2.24) is 0 Å². The van der Waals surface area contributed by atoms with Gasteiger partial charge in [0.05, 0.1) is 6.61 Å². The van der Waals surface area contributed by atoms with E-state index in [4.69, 9.17) is 9.05 Å². The smallest absolute Gasteiger partial charge is 0.404 e. The molecule has 0 saturated heterocycles. The highest BCUT2D eigenvalue weighted by Crippen LogP contribution is 2.45. The monoisotopic (exact) mass is 439 g/mol. The molecule has 1 rings (SSSR count). The van der Waals surface area contributed by atoms with Crippen molar-refractivity contribution >= 4 is 25.2 Å². The summed E-state index contributed by atoms with van der Waals surface area (Å²) in [6, 6.07) is 7.32. The summed E-state index contributed by atoms with van der Waals surface area (Å²) in [6.45, 7) is 6.56. The zero-order valence-corrected chi connectivity index (χ0v) is 20.8. The SMILES string of the molecule is CCCCCCCCCCCCCCOP(=O)(O)Oc1ccccc1C(C)C.[Al]. The summed E-state index contributed by atoms with van der Waals surface area (Å²) < 4.78 is 22.6. The molecule has 1 unspecified atom stereocenters. The molecule has 6 heteroatoms. The van der Waals surface area contributed by atoms with E-state index < -0.39 is 7.82 Å². The van der Waals surface area contributed by atoms with Crippen molar-refractivity contribution in [2.24, 2.45) is 0 Å². The third kappa shape index (κ3) is 14.4. The van der Waals surface area contributed by atoms with Crippen molar-refractivity contribution < 1.29 is 18.5 Å². The molecule has 0 saturated carbocycles. The molecular weight excluding hydrogens is 398 g/mol. The topological polar surface area (TPSA) is 55.8 Å². The average Bonchev–Trinajstić information content (AvgIpc) is 2.65. The minimum atomic E-state index is -4.06. The molecular formula is C23H41AlO4P. The lowest BCUT2D eigenvalue weighted by atomic mass is 10.0. The number of rotatable bonds is 17. The van der Waals surface area contributed by atoms with E-state index in [1.54, 1.807) is 12.1 Å². The molecule has 0 amide bonds. The number of phosphoric ester groups is 1. The fraction of sp³-hybridized carbons (Fsp3) is 0.739. The minimum Gasteiger partial charge on any atom is -0.404 e. The molecule has 29 heavy (non-hydrogen) atoms. The largest absolute Gasteiger partial charge is 0.527 e. The quantitative estimate of drug-likeness (QED) is 0.154. The molecule has 1 N–H and O–H groups in total. The van der Waals surface area contributed by atoms with Gasteiger partial charge >= 0.3 is 7.82 Å². The van der Waals surface area contributed by atoms with Crippen LogP contribution >= 0.6 is 7.82 Å². The van der Waals surface area contributed by atoms with Gasteiger partial charge in [-0.1, -0.05) is 110 Å². The number of phosphoric acid groups is 1. The second-order valence-electron chi connectivity index (χ2n) is 7.97. The highest BCUT2D eigenvalue weighted by Gasteiger charge is 2.24. The number of benzene rings is 1. The summed E-state index contributed by atoms with van der Waals surface area (Å²) in [5.41, 5.74) is 0.908. The molecule has 0 spiro atoms. The van der Waals surface area contributed by atoms with Gasteiger partial charge in [-0.3, -0.25) is 9.42 Å². The number of para-hydroxylation sites is 1. The van der Waals surface area contributed by atoms with E-state index in [2.05, 4.69) is 6.92 Å². The van der Waals surface area contributed by atoms with Crippen LogP contribution in [-0.2, 0) is 9.09 Å². The van der Waals surface area contributed by atoms with Gasteiger partial charge in [0.2, 0.25) is 0 Å². The van der Waals surface area contributed by atoms with Crippen molar-refractivity contribution in [3.05, 3.63) is 29.8 Å². The zero-order valence-electron chi connectivity index (χ0n) is 18.8. The summed E-state index contributed by atoms with van der Waals surface area (Å²) in [5, 5.41) is 0. The van der Waals surface area contributed by atoms with Crippen molar-refractivity contribution in [3.63, 3.8) is 0 Å².